The third kappa shape index (κ3) is 6.22. The Balaban J connectivity index is 1.88. The minimum atomic E-state index is -0.470. The number of hydrogen-bond donors (Lipinski definition) is 2. The maximum Gasteiger partial charge on any atom is 0.241 e. The van der Waals surface area contributed by atoms with Crippen LogP contribution in [0.15, 0.2) is 51.5 Å². The summed E-state index contributed by atoms with van der Waals surface area (Å²) in [6.45, 7) is 1.82. The fourth-order valence-corrected chi connectivity index (χ4v) is 2.64. The van der Waals surface area contributed by atoms with E-state index in [2.05, 4.69) is 47.5 Å². The number of anilines is 2. The lowest BCUT2D eigenvalue weighted by Gasteiger charge is -2.23. The molecule has 0 aliphatic carbocycles. The van der Waals surface area contributed by atoms with E-state index in [-0.39, 0.29) is 18.4 Å². The summed E-state index contributed by atoms with van der Waals surface area (Å²) in [5.74, 6) is 0.0439. The number of nitrogens with one attached hydrogen (secondary N) is 2. The first-order chi connectivity index (χ1) is 11.8. The molecule has 0 aliphatic heterocycles. The van der Waals surface area contributed by atoms with Crippen molar-refractivity contribution in [3.05, 3.63) is 51.5 Å². The quantitative estimate of drug-likeness (QED) is 0.678. The molecule has 8 heteroatoms. The van der Waals surface area contributed by atoms with Crippen molar-refractivity contribution in [3.8, 4) is 0 Å². The Morgan fingerprint density at radius 2 is 1.92 bits per heavy atom. The predicted molar refractivity (Wildman–Crippen MR) is 105 cm³/mol. The first-order valence-electron chi connectivity index (χ1n) is 7.53. The standard InChI is InChI=1S/C17H18Br2N4O2/c1-11(17(25)21-14-5-3-4-12(18)8-14)23(2)10-16(24)22-15-7-6-13(19)9-20-15/h3-9,11H,10H2,1-2H3,(H,21,25)(H,20,22,24). The summed E-state index contributed by atoms with van der Waals surface area (Å²) in [6.07, 6.45) is 1.60. The second kappa shape index (κ2) is 9.07. The molecule has 2 aromatic rings. The number of hydrogen-bond acceptors (Lipinski definition) is 4. The van der Waals surface area contributed by atoms with Gasteiger partial charge in [-0.2, -0.15) is 0 Å². The Hall–Kier alpha value is -1.77. The first kappa shape index (κ1) is 19.6. The number of halogens is 2. The number of carbonyl (C=O) groups excluding carboxylic acids is 2. The molecule has 1 aromatic heterocycles. The van der Waals surface area contributed by atoms with E-state index in [9.17, 15) is 9.59 Å². The van der Waals surface area contributed by atoms with Crippen LogP contribution in [0.1, 0.15) is 6.92 Å². The summed E-state index contributed by atoms with van der Waals surface area (Å²) in [5, 5.41) is 5.53. The Bertz CT molecular complexity index is 753. The summed E-state index contributed by atoms with van der Waals surface area (Å²) in [4.78, 5) is 30.2. The minimum absolute atomic E-state index is 0.0742. The van der Waals surface area contributed by atoms with Crippen LogP contribution in [-0.4, -0.2) is 41.3 Å². The monoisotopic (exact) mass is 468 g/mol. The van der Waals surface area contributed by atoms with Gasteiger partial charge in [-0.05, 0) is 60.2 Å². The van der Waals surface area contributed by atoms with Crippen LogP contribution < -0.4 is 10.6 Å². The lowest BCUT2D eigenvalue weighted by molar-refractivity contribution is -0.122. The van der Waals surface area contributed by atoms with Gasteiger partial charge in [0.15, 0.2) is 0 Å². The molecule has 0 fully saturated rings. The van der Waals surface area contributed by atoms with E-state index >= 15 is 0 Å². The minimum Gasteiger partial charge on any atom is -0.325 e. The van der Waals surface area contributed by atoms with Crippen LogP contribution in [0.4, 0.5) is 11.5 Å². The van der Waals surface area contributed by atoms with Crippen molar-refractivity contribution in [2.75, 3.05) is 24.2 Å². The molecule has 1 aromatic carbocycles. The molecule has 2 N–H and O–H groups in total. The van der Waals surface area contributed by atoms with E-state index < -0.39 is 6.04 Å². The van der Waals surface area contributed by atoms with Gasteiger partial charge < -0.3 is 10.6 Å². The van der Waals surface area contributed by atoms with E-state index in [0.29, 0.717) is 11.5 Å². The van der Waals surface area contributed by atoms with E-state index in [1.54, 1.807) is 43.3 Å². The topological polar surface area (TPSA) is 74.3 Å². The van der Waals surface area contributed by atoms with E-state index in [1.807, 2.05) is 18.2 Å². The number of likely N-dealkylation sites (N-methyl/N-ethyl adjacent to an activating group) is 1. The van der Waals surface area contributed by atoms with Gasteiger partial charge in [0.05, 0.1) is 12.6 Å². The highest BCUT2D eigenvalue weighted by atomic mass is 79.9. The van der Waals surface area contributed by atoms with Crippen LogP contribution in [0.2, 0.25) is 0 Å². The van der Waals surface area contributed by atoms with E-state index in [0.717, 1.165) is 8.95 Å². The van der Waals surface area contributed by atoms with Crippen LogP contribution in [0, 0.1) is 0 Å². The number of benzene rings is 1. The average molecular weight is 470 g/mol. The number of amides is 2. The van der Waals surface area contributed by atoms with Gasteiger partial charge in [-0.3, -0.25) is 14.5 Å². The van der Waals surface area contributed by atoms with Crippen molar-refractivity contribution in [3.63, 3.8) is 0 Å². The zero-order chi connectivity index (χ0) is 18.4. The van der Waals surface area contributed by atoms with E-state index in [4.69, 9.17) is 0 Å². The summed E-state index contributed by atoms with van der Waals surface area (Å²) in [5.41, 5.74) is 0.697. The maximum absolute atomic E-state index is 12.3. The second-order valence-electron chi connectivity index (χ2n) is 5.50. The SMILES string of the molecule is CC(C(=O)Nc1cccc(Br)c1)N(C)CC(=O)Nc1ccc(Br)cn1. The fourth-order valence-electron chi connectivity index (χ4n) is 2.01. The van der Waals surface area contributed by atoms with Crippen LogP contribution >= 0.6 is 31.9 Å². The number of nitrogens with zero attached hydrogens (tertiary/aromatic N) is 2. The highest BCUT2D eigenvalue weighted by Crippen LogP contribution is 2.16. The molecule has 2 rings (SSSR count). The van der Waals surface area contributed by atoms with Crippen molar-refractivity contribution >= 4 is 55.2 Å². The number of pyridine rings is 1. The highest BCUT2D eigenvalue weighted by Gasteiger charge is 2.20. The molecule has 132 valence electrons. The molecule has 0 spiro atoms. The van der Waals surface area contributed by atoms with Crippen LogP contribution in [0.5, 0.6) is 0 Å². The Morgan fingerprint density at radius 3 is 2.56 bits per heavy atom. The number of carbonyl (C=O) groups is 2. The van der Waals surface area contributed by atoms with E-state index in [1.165, 1.54) is 0 Å². The predicted octanol–water partition coefficient (Wildman–Crippen LogP) is 3.50. The van der Waals surface area contributed by atoms with Crippen molar-refractivity contribution in [2.24, 2.45) is 0 Å². The van der Waals surface area contributed by atoms with Gasteiger partial charge >= 0.3 is 0 Å². The first-order valence-corrected chi connectivity index (χ1v) is 9.12. The van der Waals surface area contributed by atoms with Gasteiger partial charge in [-0.15, -0.1) is 0 Å². The normalized spacial score (nSPS) is 11.9. The Morgan fingerprint density at radius 1 is 1.16 bits per heavy atom. The molecule has 0 saturated carbocycles. The molecule has 0 saturated heterocycles. The van der Waals surface area contributed by atoms with Crippen molar-refractivity contribution in [1.29, 1.82) is 0 Å². The summed E-state index contributed by atoms with van der Waals surface area (Å²) in [7, 11) is 1.72. The molecule has 1 heterocycles. The molecular weight excluding hydrogens is 452 g/mol. The van der Waals surface area contributed by atoms with Gasteiger partial charge in [0.1, 0.15) is 5.82 Å². The largest absolute Gasteiger partial charge is 0.325 e. The Labute approximate surface area is 163 Å². The zero-order valence-corrected chi connectivity index (χ0v) is 17.0. The average Bonchev–Trinajstić information content (AvgIpc) is 2.56. The molecule has 0 aliphatic rings. The van der Waals surface area contributed by atoms with Crippen LogP contribution in [0.25, 0.3) is 0 Å². The second-order valence-corrected chi connectivity index (χ2v) is 7.33. The summed E-state index contributed by atoms with van der Waals surface area (Å²) in [6, 6.07) is 10.4. The Kier molecular flexibility index (Phi) is 7.10. The lowest BCUT2D eigenvalue weighted by Crippen LogP contribution is -2.43. The van der Waals surface area contributed by atoms with Crippen LogP contribution in [0.3, 0.4) is 0 Å². The number of rotatable bonds is 6. The van der Waals surface area contributed by atoms with Gasteiger partial charge in [0, 0.05) is 20.8 Å². The van der Waals surface area contributed by atoms with Gasteiger partial charge in [0.25, 0.3) is 0 Å². The van der Waals surface area contributed by atoms with Crippen molar-refractivity contribution in [1.82, 2.24) is 9.88 Å². The van der Waals surface area contributed by atoms with Gasteiger partial charge in [-0.25, -0.2) is 4.98 Å². The smallest absolute Gasteiger partial charge is 0.241 e. The molecule has 25 heavy (non-hydrogen) atoms. The fraction of sp³-hybridized carbons (Fsp3) is 0.235. The lowest BCUT2D eigenvalue weighted by atomic mass is 10.2. The number of aromatic nitrogens is 1. The third-order valence-electron chi connectivity index (χ3n) is 3.52. The van der Waals surface area contributed by atoms with Gasteiger partial charge in [-0.1, -0.05) is 22.0 Å². The van der Waals surface area contributed by atoms with Crippen molar-refractivity contribution in [2.45, 2.75) is 13.0 Å². The molecule has 1 unspecified atom stereocenters. The highest BCUT2D eigenvalue weighted by molar-refractivity contribution is 9.10. The van der Waals surface area contributed by atoms with Gasteiger partial charge in [0.2, 0.25) is 11.8 Å². The van der Waals surface area contributed by atoms with Crippen LogP contribution in [-0.2, 0) is 9.59 Å². The third-order valence-corrected chi connectivity index (χ3v) is 4.48. The molecule has 6 nitrogen and oxygen atoms in total. The molecule has 0 bridgehead atoms. The molecule has 2 amide bonds. The maximum atomic E-state index is 12.3. The van der Waals surface area contributed by atoms with Crippen molar-refractivity contribution < 1.29 is 9.59 Å². The molecule has 1 atom stereocenters. The summed E-state index contributed by atoms with van der Waals surface area (Å²) < 4.78 is 1.72. The zero-order valence-electron chi connectivity index (χ0n) is 13.8. The molecule has 0 radical (unpaired) electrons. The summed E-state index contributed by atoms with van der Waals surface area (Å²) >= 11 is 6.65. The molecular formula is C17H18Br2N4O2.